The Kier molecular flexibility index (Phi) is 7.85. The van der Waals surface area contributed by atoms with Crippen LogP contribution in [0.4, 0.5) is 0 Å². The van der Waals surface area contributed by atoms with E-state index in [9.17, 15) is 9.59 Å². The first-order valence-corrected chi connectivity index (χ1v) is 8.83. The van der Waals surface area contributed by atoms with Gasteiger partial charge < -0.3 is 10.3 Å². The van der Waals surface area contributed by atoms with Gasteiger partial charge in [-0.1, -0.05) is 0 Å². The number of pyridine rings is 1. The predicted molar refractivity (Wildman–Crippen MR) is 99.6 cm³/mol. The molecule has 0 aliphatic heterocycles. The van der Waals surface area contributed by atoms with Gasteiger partial charge in [0.15, 0.2) is 0 Å². The lowest BCUT2D eigenvalue weighted by Crippen LogP contribution is -2.42. The third-order valence-electron chi connectivity index (χ3n) is 4.54. The average Bonchev–Trinajstić information content (AvgIpc) is 2.50. The standard InChI is InChI=1S/C19H30N4O2/c1-12(2)23(13(3)4)10-9-21-18(24)8-7-16-14(5)17(11-20)19(25)22-15(16)6/h12-13H,7-10H2,1-6H3,(H,21,24)(H,22,25). The molecule has 0 aromatic carbocycles. The minimum Gasteiger partial charge on any atom is -0.355 e. The largest absolute Gasteiger partial charge is 0.355 e. The third kappa shape index (κ3) is 5.71. The molecule has 0 spiro atoms. The fourth-order valence-corrected chi connectivity index (χ4v) is 3.18. The number of aromatic amines is 1. The molecule has 1 rings (SSSR count). The van der Waals surface area contributed by atoms with Crippen LogP contribution in [0.5, 0.6) is 0 Å². The minimum absolute atomic E-state index is 0.0176. The molecule has 0 aliphatic rings. The molecule has 138 valence electrons. The van der Waals surface area contributed by atoms with Gasteiger partial charge in [0.2, 0.25) is 5.91 Å². The normalized spacial score (nSPS) is 11.2. The van der Waals surface area contributed by atoms with Gasteiger partial charge in [-0.25, -0.2) is 0 Å². The summed E-state index contributed by atoms with van der Waals surface area (Å²) in [4.78, 5) is 28.9. The highest BCUT2D eigenvalue weighted by molar-refractivity contribution is 5.76. The van der Waals surface area contributed by atoms with Crippen molar-refractivity contribution in [3.05, 3.63) is 32.7 Å². The van der Waals surface area contributed by atoms with E-state index in [1.54, 1.807) is 13.8 Å². The van der Waals surface area contributed by atoms with Crippen molar-refractivity contribution in [2.24, 2.45) is 0 Å². The fraction of sp³-hybridized carbons (Fsp3) is 0.632. The quantitative estimate of drug-likeness (QED) is 0.754. The Balaban J connectivity index is 2.61. The molecular weight excluding hydrogens is 316 g/mol. The number of nitrogens with one attached hydrogen (secondary N) is 2. The number of nitriles is 1. The lowest BCUT2D eigenvalue weighted by molar-refractivity contribution is -0.121. The number of H-pyrrole nitrogens is 1. The topological polar surface area (TPSA) is 89.0 Å². The second kappa shape index (κ2) is 9.38. The van der Waals surface area contributed by atoms with Crippen LogP contribution in [0.3, 0.4) is 0 Å². The van der Waals surface area contributed by atoms with Crippen molar-refractivity contribution in [2.45, 2.75) is 66.5 Å². The highest BCUT2D eigenvalue weighted by atomic mass is 16.1. The van der Waals surface area contributed by atoms with Gasteiger partial charge in [-0.2, -0.15) is 5.26 Å². The van der Waals surface area contributed by atoms with E-state index in [1.807, 2.05) is 6.07 Å². The molecule has 0 saturated carbocycles. The van der Waals surface area contributed by atoms with E-state index < -0.39 is 0 Å². The maximum atomic E-state index is 12.1. The van der Waals surface area contributed by atoms with Crippen molar-refractivity contribution in [1.29, 1.82) is 5.26 Å². The van der Waals surface area contributed by atoms with E-state index in [0.29, 0.717) is 37.0 Å². The number of carbonyl (C=O) groups excluding carboxylic acids is 1. The van der Waals surface area contributed by atoms with Gasteiger partial charge in [-0.05, 0) is 59.1 Å². The van der Waals surface area contributed by atoms with Crippen LogP contribution in [0.1, 0.15) is 56.5 Å². The number of aryl methyl sites for hydroxylation is 1. The van der Waals surface area contributed by atoms with Gasteiger partial charge in [0.05, 0.1) is 0 Å². The first kappa shape index (κ1) is 20.9. The zero-order valence-corrected chi connectivity index (χ0v) is 16.2. The Morgan fingerprint density at radius 1 is 1.24 bits per heavy atom. The Morgan fingerprint density at radius 2 is 1.84 bits per heavy atom. The number of hydrogen-bond acceptors (Lipinski definition) is 4. The summed E-state index contributed by atoms with van der Waals surface area (Å²) in [5.74, 6) is -0.0176. The number of amides is 1. The smallest absolute Gasteiger partial charge is 0.266 e. The van der Waals surface area contributed by atoms with E-state index in [0.717, 1.165) is 17.8 Å². The summed E-state index contributed by atoms with van der Waals surface area (Å²) in [5.41, 5.74) is 2.03. The molecule has 1 heterocycles. The van der Waals surface area contributed by atoms with Gasteiger partial charge in [0.25, 0.3) is 5.56 Å². The molecule has 6 nitrogen and oxygen atoms in total. The molecule has 0 bridgehead atoms. The molecule has 0 saturated heterocycles. The zero-order chi connectivity index (χ0) is 19.1. The molecule has 0 radical (unpaired) electrons. The average molecular weight is 346 g/mol. The van der Waals surface area contributed by atoms with Gasteiger partial charge in [-0.3, -0.25) is 14.5 Å². The molecule has 1 amide bonds. The molecule has 0 aliphatic carbocycles. The number of aromatic nitrogens is 1. The molecule has 0 unspecified atom stereocenters. The SMILES string of the molecule is Cc1[nH]c(=O)c(C#N)c(C)c1CCC(=O)NCCN(C(C)C)C(C)C. The fourth-order valence-electron chi connectivity index (χ4n) is 3.18. The number of carbonyl (C=O) groups is 1. The van der Waals surface area contributed by atoms with Crippen molar-refractivity contribution >= 4 is 5.91 Å². The van der Waals surface area contributed by atoms with Gasteiger partial charge >= 0.3 is 0 Å². The zero-order valence-electron chi connectivity index (χ0n) is 16.2. The van der Waals surface area contributed by atoms with Crippen molar-refractivity contribution < 1.29 is 4.79 Å². The van der Waals surface area contributed by atoms with Gasteiger partial charge in [-0.15, -0.1) is 0 Å². The summed E-state index contributed by atoms with van der Waals surface area (Å²) in [6, 6.07) is 2.81. The second-order valence-corrected chi connectivity index (χ2v) is 6.94. The predicted octanol–water partition coefficient (Wildman–Crippen LogP) is 2.03. The first-order valence-electron chi connectivity index (χ1n) is 8.83. The number of rotatable bonds is 8. The van der Waals surface area contributed by atoms with Crippen molar-refractivity contribution in [2.75, 3.05) is 13.1 Å². The highest BCUT2D eigenvalue weighted by Crippen LogP contribution is 2.14. The number of nitrogens with zero attached hydrogens (tertiary/aromatic N) is 2. The maximum Gasteiger partial charge on any atom is 0.266 e. The van der Waals surface area contributed by atoms with Gasteiger partial charge in [0, 0.05) is 37.3 Å². The Morgan fingerprint density at radius 3 is 2.36 bits per heavy atom. The summed E-state index contributed by atoms with van der Waals surface area (Å²) in [5, 5.41) is 12.1. The van der Waals surface area contributed by atoms with Crippen LogP contribution in [-0.4, -0.2) is 41.0 Å². The van der Waals surface area contributed by atoms with Crippen LogP contribution in [0, 0.1) is 25.2 Å². The minimum atomic E-state index is -0.367. The Hall–Kier alpha value is -2.13. The van der Waals surface area contributed by atoms with Crippen LogP contribution in [0.15, 0.2) is 4.79 Å². The molecule has 0 atom stereocenters. The maximum absolute atomic E-state index is 12.1. The summed E-state index contributed by atoms with van der Waals surface area (Å²) < 4.78 is 0. The molecule has 25 heavy (non-hydrogen) atoms. The van der Waals surface area contributed by atoms with Crippen LogP contribution >= 0.6 is 0 Å². The van der Waals surface area contributed by atoms with Crippen LogP contribution < -0.4 is 10.9 Å². The van der Waals surface area contributed by atoms with E-state index in [1.165, 1.54) is 0 Å². The van der Waals surface area contributed by atoms with Gasteiger partial charge in [0.1, 0.15) is 11.6 Å². The summed E-state index contributed by atoms with van der Waals surface area (Å²) in [6.45, 7) is 13.6. The van der Waals surface area contributed by atoms with E-state index in [2.05, 4.69) is 42.9 Å². The number of hydrogen-bond donors (Lipinski definition) is 2. The summed E-state index contributed by atoms with van der Waals surface area (Å²) >= 11 is 0. The molecule has 1 aromatic rings. The molecular formula is C19H30N4O2. The highest BCUT2D eigenvalue weighted by Gasteiger charge is 2.15. The molecule has 0 fully saturated rings. The lowest BCUT2D eigenvalue weighted by Gasteiger charge is -2.30. The third-order valence-corrected chi connectivity index (χ3v) is 4.54. The summed E-state index contributed by atoms with van der Waals surface area (Å²) in [6.07, 6.45) is 0.842. The Bertz CT molecular complexity index is 691. The van der Waals surface area contributed by atoms with E-state index >= 15 is 0 Å². The monoisotopic (exact) mass is 346 g/mol. The van der Waals surface area contributed by atoms with Crippen molar-refractivity contribution in [1.82, 2.24) is 15.2 Å². The molecule has 6 heteroatoms. The lowest BCUT2D eigenvalue weighted by atomic mass is 9.99. The van der Waals surface area contributed by atoms with E-state index in [-0.39, 0.29) is 17.0 Å². The Labute approximate surface area is 150 Å². The summed E-state index contributed by atoms with van der Waals surface area (Å²) in [7, 11) is 0. The van der Waals surface area contributed by atoms with Crippen molar-refractivity contribution in [3.63, 3.8) is 0 Å². The van der Waals surface area contributed by atoms with Crippen LogP contribution in [0.2, 0.25) is 0 Å². The molecule has 1 aromatic heterocycles. The van der Waals surface area contributed by atoms with E-state index in [4.69, 9.17) is 5.26 Å². The van der Waals surface area contributed by atoms with Crippen molar-refractivity contribution in [3.8, 4) is 6.07 Å². The van der Waals surface area contributed by atoms with Crippen LogP contribution in [0.25, 0.3) is 0 Å². The molecule has 2 N–H and O–H groups in total. The first-order chi connectivity index (χ1) is 11.7. The second-order valence-electron chi connectivity index (χ2n) is 6.94. The van der Waals surface area contributed by atoms with Crippen LogP contribution in [-0.2, 0) is 11.2 Å².